The fourth-order valence-electron chi connectivity index (χ4n) is 4.09. The van der Waals surface area contributed by atoms with Crippen molar-refractivity contribution in [3.05, 3.63) is 56.6 Å². The molecule has 0 aliphatic rings. The first-order valence-electron chi connectivity index (χ1n) is 11.7. The molecule has 2 heterocycles. The molecule has 188 valence electrons. The maximum Gasteiger partial charge on any atom is 0.281 e. The molecule has 0 aliphatic heterocycles. The van der Waals surface area contributed by atoms with Crippen molar-refractivity contribution in [3.8, 4) is 0 Å². The fraction of sp³-hybridized carbons (Fsp3) is 0.440. The van der Waals surface area contributed by atoms with Crippen molar-refractivity contribution in [1.29, 1.82) is 0 Å². The molecule has 1 amide bonds. The van der Waals surface area contributed by atoms with Crippen molar-refractivity contribution < 1.29 is 4.79 Å². The number of pyridine rings is 1. The van der Waals surface area contributed by atoms with Gasteiger partial charge in [-0.2, -0.15) is 0 Å². The smallest absolute Gasteiger partial charge is 0.281 e. The number of hydrogen-bond donors (Lipinski definition) is 2. The van der Waals surface area contributed by atoms with E-state index >= 15 is 0 Å². The number of benzene rings is 1. The molecule has 0 aliphatic carbocycles. The lowest BCUT2D eigenvalue weighted by Gasteiger charge is -2.23. The Balaban J connectivity index is 2.07. The van der Waals surface area contributed by atoms with Gasteiger partial charge in [-0.3, -0.25) is 18.9 Å². The summed E-state index contributed by atoms with van der Waals surface area (Å²) in [5.74, 6) is 0.288. The van der Waals surface area contributed by atoms with Crippen LogP contribution in [0.3, 0.4) is 0 Å². The topological polar surface area (TPSA) is 92.2 Å². The maximum atomic E-state index is 13.3. The third-order valence-electron chi connectivity index (χ3n) is 5.88. The molecule has 1 unspecified atom stereocenters. The van der Waals surface area contributed by atoms with Crippen LogP contribution >= 0.6 is 23.5 Å². The second-order valence-electron chi connectivity index (χ2n) is 8.69. The minimum Gasteiger partial charge on any atom is -0.377 e. The van der Waals surface area contributed by atoms with E-state index in [9.17, 15) is 9.59 Å². The average Bonchev–Trinajstić information content (AvgIpc) is 2.82. The molecule has 2 aromatic heterocycles. The summed E-state index contributed by atoms with van der Waals surface area (Å²) in [7, 11) is 3.73. The molecule has 0 bridgehead atoms. The number of unbranched alkanes of at least 4 members (excludes halogenated alkanes) is 2. The van der Waals surface area contributed by atoms with Crippen LogP contribution < -0.4 is 20.5 Å². The van der Waals surface area contributed by atoms with Crippen LogP contribution in [-0.2, 0) is 7.05 Å². The van der Waals surface area contributed by atoms with E-state index < -0.39 is 0 Å². The standard InChI is InChI=1S/C25H33ClN6O2S/c1-7-8-9-12-31(4)25-29-21-17(13-15(2)14-18(21)24(34)32(25)5)16(3)27-19-10-11-20(26)28-22(19)23(33)30-35-6/h10-11,13-14,16,27H,7-9,12H2,1-6H3,(H,30,33). The fourth-order valence-corrected chi connectivity index (χ4v) is 4.52. The predicted molar refractivity (Wildman–Crippen MR) is 147 cm³/mol. The molecule has 3 aromatic rings. The van der Waals surface area contributed by atoms with Gasteiger partial charge < -0.3 is 10.2 Å². The number of carbonyl (C=O) groups is 1. The summed E-state index contributed by atoms with van der Waals surface area (Å²) in [5.41, 5.74) is 3.14. The number of nitrogens with zero attached hydrogens (tertiary/aromatic N) is 4. The molecule has 35 heavy (non-hydrogen) atoms. The summed E-state index contributed by atoms with van der Waals surface area (Å²) < 4.78 is 4.31. The Kier molecular flexibility index (Phi) is 9.02. The van der Waals surface area contributed by atoms with Gasteiger partial charge in [0.25, 0.3) is 11.5 Å². The largest absolute Gasteiger partial charge is 0.377 e. The lowest BCUT2D eigenvalue weighted by molar-refractivity contribution is 0.0980. The highest BCUT2D eigenvalue weighted by Gasteiger charge is 2.20. The molecule has 1 atom stereocenters. The van der Waals surface area contributed by atoms with E-state index in [1.807, 2.05) is 37.9 Å². The molecular weight excluding hydrogens is 484 g/mol. The predicted octanol–water partition coefficient (Wildman–Crippen LogP) is 5.10. The average molecular weight is 517 g/mol. The second kappa shape index (κ2) is 11.8. The van der Waals surface area contributed by atoms with Gasteiger partial charge in [0.05, 0.1) is 22.6 Å². The second-order valence-corrected chi connectivity index (χ2v) is 9.69. The van der Waals surface area contributed by atoms with Crippen molar-refractivity contribution in [2.75, 3.05) is 30.1 Å². The van der Waals surface area contributed by atoms with Gasteiger partial charge in [-0.1, -0.05) is 49.4 Å². The lowest BCUT2D eigenvalue weighted by atomic mass is 10.0. The van der Waals surface area contributed by atoms with E-state index in [0.29, 0.717) is 22.5 Å². The summed E-state index contributed by atoms with van der Waals surface area (Å²) in [6, 6.07) is 7.01. The van der Waals surface area contributed by atoms with Crippen molar-refractivity contribution in [1.82, 2.24) is 19.3 Å². The molecule has 8 nitrogen and oxygen atoms in total. The number of nitrogens with one attached hydrogen (secondary N) is 2. The van der Waals surface area contributed by atoms with Gasteiger partial charge in [0.1, 0.15) is 5.15 Å². The first-order valence-corrected chi connectivity index (χ1v) is 13.3. The number of aryl methyl sites for hydroxylation is 1. The number of aromatic nitrogens is 3. The number of carbonyl (C=O) groups excluding carboxylic acids is 1. The molecular formula is C25H33ClN6O2S. The molecule has 0 radical (unpaired) electrons. The van der Waals surface area contributed by atoms with E-state index in [2.05, 4.69) is 21.9 Å². The molecule has 1 aromatic carbocycles. The van der Waals surface area contributed by atoms with Crippen LogP contribution in [0, 0.1) is 6.92 Å². The minimum atomic E-state index is -0.341. The van der Waals surface area contributed by atoms with Crippen LogP contribution in [0.4, 0.5) is 11.6 Å². The molecule has 2 N–H and O–H groups in total. The van der Waals surface area contributed by atoms with Gasteiger partial charge in [0.2, 0.25) is 5.95 Å². The molecule has 3 rings (SSSR count). The third kappa shape index (κ3) is 6.08. The van der Waals surface area contributed by atoms with E-state index in [0.717, 1.165) is 36.9 Å². The van der Waals surface area contributed by atoms with Crippen molar-refractivity contribution in [2.45, 2.75) is 46.1 Å². The van der Waals surface area contributed by atoms with Gasteiger partial charge in [-0.25, -0.2) is 9.97 Å². The van der Waals surface area contributed by atoms with E-state index in [1.54, 1.807) is 30.0 Å². The Morgan fingerprint density at radius 1 is 1.26 bits per heavy atom. The Labute approximate surface area is 215 Å². The van der Waals surface area contributed by atoms with E-state index in [4.69, 9.17) is 16.6 Å². The normalized spacial score (nSPS) is 12.0. The Morgan fingerprint density at radius 2 is 2.00 bits per heavy atom. The van der Waals surface area contributed by atoms with Gasteiger partial charge in [0, 0.05) is 32.5 Å². The highest BCUT2D eigenvalue weighted by atomic mass is 35.5. The highest BCUT2D eigenvalue weighted by molar-refractivity contribution is 7.97. The number of halogens is 1. The zero-order chi connectivity index (χ0) is 25.7. The molecule has 0 fully saturated rings. The first kappa shape index (κ1) is 26.8. The Hall–Kier alpha value is -2.78. The van der Waals surface area contributed by atoms with Crippen LogP contribution in [0.5, 0.6) is 0 Å². The van der Waals surface area contributed by atoms with E-state index in [-0.39, 0.29) is 28.4 Å². The van der Waals surface area contributed by atoms with Crippen LogP contribution in [0.1, 0.15) is 60.8 Å². The van der Waals surface area contributed by atoms with Gasteiger partial charge in [-0.15, -0.1) is 0 Å². The highest BCUT2D eigenvalue weighted by Crippen LogP contribution is 2.29. The van der Waals surface area contributed by atoms with Crippen molar-refractivity contribution in [3.63, 3.8) is 0 Å². The molecule has 0 saturated carbocycles. The zero-order valence-corrected chi connectivity index (χ0v) is 22.7. The van der Waals surface area contributed by atoms with Gasteiger partial charge in [-0.05, 0) is 44.0 Å². The van der Waals surface area contributed by atoms with Crippen LogP contribution in [0.15, 0.2) is 29.1 Å². The third-order valence-corrected chi connectivity index (χ3v) is 6.48. The van der Waals surface area contributed by atoms with Crippen LogP contribution in [-0.4, -0.2) is 40.3 Å². The summed E-state index contributed by atoms with van der Waals surface area (Å²) in [4.78, 5) is 37.1. The van der Waals surface area contributed by atoms with Crippen molar-refractivity contribution >= 4 is 52.0 Å². The summed E-state index contributed by atoms with van der Waals surface area (Å²) in [6.07, 6.45) is 5.05. The quantitative estimate of drug-likeness (QED) is 0.220. The summed E-state index contributed by atoms with van der Waals surface area (Å²) in [6.45, 7) is 6.92. The maximum absolute atomic E-state index is 13.3. The molecule has 10 heteroatoms. The summed E-state index contributed by atoms with van der Waals surface area (Å²) >= 11 is 7.25. The van der Waals surface area contributed by atoms with Gasteiger partial charge >= 0.3 is 0 Å². The number of hydrogen-bond acceptors (Lipinski definition) is 7. The number of anilines is 2. The number of amides is 1. The minimum absolute atomic E-state index is 0.0855. The first-order chi connectivity index (χ1) is 16.7. The lowest BCUT2D eigenvalue weighted by Crippen LogP contribution is -2.30. The monoisotopic (exact) mass is 516 g/mol. The molecule has 0 spiro atoms. The van der Waals surface area contributed by atoms with Crippen molar-refractivity contribution in [2.24, 2.45) is 7.05 Å². The van der Waals surface area contributed by atoms with Crippen LogP contribution in [0.2, 0.25) is 5.15 Å². The SMILES string of the molecule is CCCCCN(C)c1nc2c(C(C)Nc3ccc(Cl)nc3C(=O)NSC)cc(C)cc2c(=O)n1C. The van der Waals surface area contributed by atoms with Crippen LogP contribution in [0.25, 0.3) is 10.9 Å². The summed E-state index contributed by atoms with van der Waals surface area (Å²) in [5, 5.41) is 4.18. The number of rotatable bonds is 10. The Bertz CT molecular complexity index is 1280. The Morgan fingerprint density at radius 3 is 2.69 bits per heavy atom. The zero-order valence-electron chi connectivity index (χ0n) is 21.1. The molecule has 0 saturated heterocycles. The van der Waals surface area contributed by atoms with Gasteiger partial charge in [0.15, 0.2) is 5.69 Å². The number of fused-ring (bicyclic) bond motifs is 1. The van der Waals surface area contributed by atoms with E-state index in [1.165, 1.54) is 11.9 Å².